The molecule has 2 fully saturated rings. The summed E-state index contributed by atoms with van der Waals surface area (Å²) in [6, 6.07) is 0. The van der Waals surface area contributed by atoms with Gasteiger partial charge < -0.3 is 4.74 Å². The minimum Gasteiger partial charge on any atom is -0.462 e. The first kappa shape index (κ1) is 9.04. The van der Waals surface area contributed by atoms with Crippen LogP contribution in [0.2, 0.25) is 0 Å². The minimum absolute atomic E-state index is 0.0165. The number of rotatable bonds is 0. The Balaban J connectivity index is 2.12. The molecule has 4 unspecified atom stereocenters. The van der Waals surface area contributed by atoms with Gasteiger partial charge in [-0.25, -0.2) is 0 Å². The fourth-order valence-corrected chi connectivity index (χ4v) is 3.07. The van der Waals surface area contributed by atoms with Gasteiger partial charge in [-0.1, -0.05) is 20.3 Å². The lowest BCUT2D eigenvalue weighted by Crippen LogP contribution is -2.43. The van der Waals surface area contributed by atoms with E-state index in [1.165, 1.54) is 12.8 Å². The Hall–Kier alpha value is -0.530. The molecule has 0 N–H and O–H groups in total. The summed E-state index contributed by atoms with van der Waals surface area (Å²) in [6.07, 6.45) is 4.49. The molecule has 0 bridgehead atoms. The molecule has 0 aromatic rings. The molecule has 0 amide bonds. The lowest BCUT2D eigenvalue weighted by molar-refractivity contribution is -0.168. The molecule has 1 aliphatic heterocycles. The molecular weight excluding hydrogens is 164 g/mol. The average Bonchev–Trinajstić information content (AvgIpc) is 2.02. The van der Waals surface area contributed by atoms with Gasteiger partial charge in [0.05, 0.1) is 0 Å². The number of fused-ring (bicyclic) bond motifs is 1. The van der Waals surface area contributed by atoms with Gasteiger partial charge in [-0.2, -0.15) is 0 Å². The zero-order valence-electron chi connectivity index (χ0n) is 8.45. The molecule has 0 spiro atoms. The van der Waals surface area contributed by atoms with Crippen LogP contribution in [0, 0.1) is 17.8 Å². The molecule has 1 aliphatic carbocycles. The van der Waals surface area contributed by atoms with Crippen LogP contribution in [0.25, 0.3) is 0 Å². The third kappa shape index (κ3) is 1.59. The van der Waals surface area contributed by atoms with Crippen molar-refractivity contribution in [3.8, 4) is 0 Å². The summed E-state index contributed by atoms with van der Waals surface area (Å²) in [4.78, 5) is 11.2. The van der Waals surface area contributed by atoms with E-state index in [-0.39, 0.29) is 12.1 Å². The van der Waals surface area contributed by atoms with E-state index in [1.54, 1.807) is 0 Å². The number of hydrogen-bond donors (Lipinski definition) is 0. The Morgan fingerprint density at radius 3 is 2.77 bits per heavy atom. The van der Waals surface area contributed by atoms with Crippen LogP contribution < -0.4 is 0 Å². The average molecular weight is 182 g/mol. The van der Waals surface area contributed by atoms with Crippen molar-refractivity contribution in [2.45, 2.75) is 45.6 Å². The second-order valence-electron chi connectivity index (χ2n) is 4.70. The maximum atomic E-state index is 11.2. The highest BCUT2D eigenvalue weighted by Crippen LogP contribution is 2.41. The van der Waals surface area contributed by atoms with Gasteiger partial charge >= 0.3 is 5.97 Å². The Morgan fingerprint density at radius 2 is 2.00 bits per heavy atom. The van der Waals surface area contributed by atoms with Gasteiger partial charge in [0, 0.05) is 12.3 Å². The van der Waals surface area contributed by atoms with E-state index >= 15 is 0 Å². The molecule has 13 heavy (non-hydrogen) atoms. The number of ether oxygens (including phenoxy) is 1. The van der Waals surface area contributed by atoms with Crippen LogP contribution in [0.5, 0.6) is 0 Å². The van der Waals surface area contributed by atoms with E-state index in [0.717, 1.165) is 12.3 Å². The second-order valence-corrected chi connectivity index (χ2v) is 4.70. The van der Waals surface area contributed by atoms with E-state index in [2.05, 4.69) is 13.8 Å². The van der Waals surface area contributed by atoms with Crippen LogP contribution in [0.4, 0.5) is 0 Å². The van der Waals surface area contributed by atoms with E-state index in [9.17, 15) is 4.79 Å². The summed E-state index contributed by atoms with van der Waals surface area (Å²) in [5, 5.41) is 0. The second kappa shape index (κ2) is 3.32. The molecule has 2 rings (SSSR count). The quantitative estimate of drug-likeness (QED) is 0.538. The van der Waals surface area contributed by atoms with Gasteiger partial charge in [0.2, 0.25) is 0 Å². The number of carbonyl (C=O) groups is 1. The number of esters is 1. The largest absolute Gasteiger partial charge is 0.462 e. The van der Waals surface area contributed by atoms with E-state index in [4.69, 9.17) is 4.74 Å². The summed E-state index contributed by atoms with van der Waals surface area (Å²) in [5.74, 6) is 1.91. The van der Waals surface area contributed by atoms with Crippen LogP contribution in [-0.4, -0.2) is 12.1 Å². The van der Waals surface area contributed by atoms with Gasteiger partial charge in [0.15, 0.2) is 0 Å². The van der Waals surface area contributed by atoms with Crippen LogP contribution in [0.1, 0.15) is 39.5 Å². The predicted molar refractivity (Wildman–Crippen MR) is 50.2 cm³/mol. The molecule has 1 saturated heterocycles. The topological polar surface area (TPSA) is 26.3 Å². The van der Waals surface area contributed by atoms with Crippen LogP contribution in [-0.2, 0) is 9.53 Å². The standard InChI is InChI=1S/C11H18O2/c1-7-4-3-5-9-11(7)8(2)6-10(12)13-9/h7-9,11H,3-6H2,1-2H3. The molecule has 0 radical (unpaired) electrons. The van der Waals surface area contributed by atoms with Crippen molar-refractivity contribution < 1.29 is 9.53 Å². The summed E-state index contributed by atoms with van der Waals surface area (Å²) in [5.41, 5.74) is 0. The third-order valence-corrected chi connectivity index (χ3v) is 3.66. The fourth-order valence-electron chi connectivity index (χ4n) is 3.07. The van der Waals surface area contributed by atoms with Crippen LogP contribution in [0.3, 0.4) is 0 Å². The normalized spacial score (nSPS) is 45.2. The van der Waals surface area contributed by atoms with Crippen LogP contribution >= 0.6 is 0 Å². The minimum atomic E-state index is 0.0165. The van der Waals surface area contributed by atoms with Gasteiger partial charge in [-0.05, 0) is 24.7 Å². The summed E-state index contributed by atoms with van der Waals surface area (Å²) < 4.78 is 5.39. The van der Waals surface area contributed by atoms with Crippen LogP contribution in [0.15, 0.2) is 0 Å². The molecule has 1 saturated carbocycles. The molecule has 2 aliphatic rings. The fraction of sp³-hybridized carbons (Fsp3) is 0.909. The molecule has 4 atom stereocenters. The maximum Gasteiger partial charge on any atom is 0.306 e. The molecule has 1 heterocycles. The monoisotopic (exact) mass is 182 g/mol. The lowest BCUT2D eigenvalue weighted by Gasteiger charge is -2.42. The Bertz CT molecular complexity index is 212. The maximum absolute atomic E-state index is 11.2. The first-order valence-electron chi connectivity index (χ1n) is 5.38. The third-order valence-electron chi connectivity index (χ3n) is 3.66. The van der Waals surface area contributed by atoms with E-state index in [1.807, 2.05) is 0 Å². The van der Waals surface area contributed by atoms with E-state index in [0.29, 0.717) is 18.3 Å². The van der Waals surface area contributed by atoms with Gasteiger partial charge in [-0.15, -0.1) is 0 Å². The highest BCUT2D eigenvalue weighted by Gasteiger charge is 2.41. The van der Waals surface area contributed by atoms with Crippen molar-refractivity contribution in [2.75, 3.05) is 0 Å². The van der Waals surface area contributed by atoms with Gasteiger partial charge in [-0.3, -0.25) is 4.79 Å². The van der Waals surface area contributed by atoms with Gasteiger partial charge in [0.25, 0.3) is 0 Å². The molecule has 0 aromatic carbocycles. The first-order chi connectivity index (χ1) is 6.18. The molecular formula is C11H18O2. The molecule has 74 valence electrons. The highest BCUT2D eigenvalue weighted by molar-refractivity contribution is 5.70. The molecule has 2 nitrogen and oxygen atoms in total. The van der Waals surface area contributed by atoms with Crippen molar-refractivity contribution in [3.05, 3.63) is 0 Å². The van der Waals surface area contributed by atoms with E-state index < -0.39 is 0 Å². The summed E-state index contributed by atoms with van der Waals surface area (Å²) in [7, 11) is 0. The van der Waals surface area contributed by atoms with Crippen molar-refractivity contribution in [2.24, 2.45) is 17.8 Å². The zero-order chi connectivity index (χ0) is 9.42. The SMILES string of the molecule is CC1CCCC2OC(=O)CC(C)C12. The smallest absolute Gasteiger partial charge is 0.306 e. The zero-order valence-corrected chi connectivity index (χ0v) is 8.45. The highest BCUT2D eigenvalue weighted by atomic mass is 16.5. The lowest BCUT2D eigenvalue weighted by atomic mass is 9.70. The molecule has 2 heteroatoms. The summed E-state index contributed by atoms with van der Waals surface area (Å²) >= 11 is 0. The first-order valence-corrected chi connectivity index (χ1v) is 5.38. The van der Waals surface area contributed by atoms with Crippen molar-refractivity contribution >= 4 is 5.97 Å². The van der Waals surface area contributed by atoms with Crippen molar-refractivity contribution in [1.82, 2.24) is 0 Å². The summed E-state index contributed by atoms with van der Waals surface area (Å²) in [6.45, 7) is 4.49. The Kier molecular flexibility index (Phi) is 2.31. The Labute approximate surface area is 79.7 Å². The molecule has 0 aromatic heterocycles. The Morgan fingerprint density at radius 1 is 1.23 bits per heavy atom. The number of carbonyl (C=O) groups excluding carboxylic acids is 1. The van der Waals surface area contributed by atoms with Crippen molar-refractivity contribution in [3.63, 3.8) is 0 Å². The number of hydrogen-bond acceptors (Lipinski definition) is 2. The predicted octanol–water partition coefficient (Wildman–Crippen LogP) is 2.37. The van der Waals surface area contributed by atoms with Crippen molar-refractivity contribution in [1.29, 1.82) is 0 Å². The van der Waals surface area contributed by atoms with Gasteiger partial charge in [0.1, 0.15) is 6.10 Å².